The van der Waals surface area contributed by atoms with E-state index in [1.807, 2.05) is 35.0 Å². The third kappa shape index (κ3) is 2.68. The van der Waals surface area contributed by atoms with E-state index in [1.54, 1.807) is 18.3 Å². The van der Waals surface area contributed by atoms with Crippen molar-refractivity contribution in [3.05, 3.63) is 59.8 Å². The summed E-state index contributed by atoms with van der Waals surface area (Å²) in [5, 5.41) is 17.1. The maximum Gasteiger partial charge on any atom is 0.162 e. The van der Waals surface area contributed by atoms with Crippen LogP contribution in [0.25, 0.3) is 11.3 Å². The highest BCUT2D eigenvalue weighted by molar-refractivity contribution is 5.63. The highest BCUT2D eigenvalue weighted by Gasteiger charge is 2.15. The number of nitrogens with zero attached hydrogens (tertiary/aromatic N) is 4. The number of nitriles is 1. The van der Waals surface area contributed by atoms with Crippen LogP contribution in [0.2, 0.25) is 0 Å². The van der Waals surface area contributed by atoms with Gasteiger partial charge in [-0.05, 0) is 35.9 Å². The van der Waals surface area contributed by atoms with Gasteiger partial charge in [0.05, 0.1) is 30.1 Å². The molecule has 0 N–H and O–H groups in total. The molecule has 1 aliphatic rings. The first-order valence-corrected chi connectivity index (χ1v) is 7.61. The second-order valence-electron chi connectivity index (χ2n) is 5.44. The summed E-state index contributed by atoms with van der Waals surface area (Å²) in [4.78, 5) is 0. The number of rotatable bonds is 3. The Kier molecular flexibility index (Phi) is 3.60. The summed E-state index contributed by atoms with van der Waals surface area (Å²) in [6.45, 7) is 1.71. The Bertz CT molecular complexity index is 910. The third-order valence-corrected chi connectivity index (χ3v) is 3.87. The number of hydrogen-bond donors (Lipinski definition) is 0. The maximum atomic E-state index is 8.88. The van der Waals surface area contributed by atoms with Gasteiger partial charge in [0, 0.05) is 5.56 Å². The van der Waals surface area contributed by atoms with Crippen molar-refractivity contribution >= 4 is 0 Å². The van der Waals surface area contributed by atoms with Crippen molar-refractivity contribution in [3.63, 3.8) is 0 Å². The summed E-state index contributed by atoms with van der Waals surface area (Å²) in [5.74, 6) is 1.50. The molecule has 0 fully saturated rings. The third-order valence-electron chi connectivity index (χ3n) is 3.87. The van der Waals surface area contributed by atoms with E-state index in [1.165, 1.54) is 0 Å². The standard InChI is InChI=1S/C18H14N4O2/c19-10-13-1-3-14(4-2-13)12-22-16(11-20-21-22)15-5-6-17-18(9-15)24-8-7-23-17/h1-6,9,11H,7-8,12H2. The van der Waals surface area contributed by atoms with E-state index in [0.717, 1.165) is 28.3 Å². The lowest BCUT2D eigenvalue weighted by Crippen LogP contribution is -2.15. The number of aromatic nitrogens is 3. The quantitative estimate of drug-likeness (QED) is 0.742. The van der Waals surface area contributed by atoms with Gasteiger partial charge in [-0.15, -0.1) is 5.10 Å². The largest absolute Gasteiger partial charge is 0.486 e. The van der Waals surface area contributed by atoms with Crippen LogP contribution in [0.3, 0.4) is 0 Å². The molecule has 0 saturated heterocycles. The second kappa shape index (κ2) is 6.05. The molecular formula is C18H14N4O2. The molecule has 2 aromatic carbocycles. The molecule has 0 bridgehead atoms. The lowest BCUT2D eigenvalue weighted by atomic mass is 10.1. The highest BCUT2D eigenvalue weighted by atomic mass is 16.6. The SMILES string of the molecule is N#Cc1ccc(Cn2nncc2-c2ccc3c(c2)OCCO3)cc1. The van der Waals surface area contributed by atoms with Crippen LogP contribution in [-0.2, 0) is 6.54 Å². The molecule has 0 amide bonds. The molecule has 0 radical (unpaired) electrons. The van der Waals surface area contributed by atoms with Crippen LogP contribution >= 0.6 is 0 Å². The summed E-state index contributed by atoms with van der Waals surface area (Å²) in [5.41, 5.74) is 3.57. The maximum absolute atomic E-state index is 8.88. The van der Waals surface area contributed by atoms with E-state index in [4.69, 9.17) is 14.7 Å². The predicted molar refractivity (Wildman–Crippen MR) is 86.7 cm³/mol. The van der Waals surface area contributed by atoms with E-state index in [0.29, 0.717) is 25.3 Å². The normalized spacial score (nSPS) is 12.6. The Labute approximate surface area is 138 Å². The molecule has 118 valence electrons. The zero-order valence-corrected chi connectivity index (χ0v) is 12.8. The summed E-state index contributed by atoms with van der Waals surface area (Å²) < 4.78 is 13.0. The Morgan fingerprint density at radius 2 is 1.83 bits per heavy atom. The number of fused-ring (bicyclic) bond motifs is 1. The fraction of sp³-hybridized carbons (Fsp3) is 0.167. The number of hydrogen-bond acceptors (Lipinski definition) is 5. The van der Waals surface area contributed by atoms with Crippen LogP contribution in [0, 0.1) is 11.3 Å². The van der Waals surface area contributed by atoms with Gasteiger partial charge in [0.1, 0.15) is 13.2 Å². The topological polar surface area (TPSA) is 73.0 Å². The van der Waals surface area contributed by atoms with Crippen LogP contribution in [0.5, 0.6) is 11.5 Å². The highest BCUT2D eigenvalue weighted by Crippen LogP contribution is 2.34. The average Bonchev–Trinajstić information content (AvgIpc) is 3.10. The molecule has 0 unspecified atom stereocenters. The van der Waals surface area contributed by atoms with Crippen molar-refractivity contribution in [3.8, 4) is 28.8 Å². The molecule has 4 rings (SSSR count). The Morgan fingerprint density at radius 1 is 1.04 bits per heavy atom. The minimum Gasteiger partial charge on any atom is -0.486 e. The van der Waals surface area contributed by atoms with Crippen molar-refractivity contribution in [1.82, 2.24) is 15.0 Å². The van der Waals surface area contributed by atoms with Crippen molar-refractivity contribution < 1.29 is 9.47 Å². The Hall–Kier alpha value is -3.33. The fourth-order valence-electron chi connectivity index (χ4n) is 2.66. The van der Waals surface area contributed by atoms with Gasteiger partial charge in [-0.1, -0.05) is 17.3 Å². The zero-order valence-electron chi connectivity index (χ0n) is 12.8. The smallest absolute Gasteiger partial charge is 0.162 e. The number of benzene rings is 2. The van der Waals surface area contributed by atoms with Crippen LogP contribution in [0.1, 0.15) is 11.1 Å². The Balaban J connectivity index is 1.63. The lowest BCUT2D eigenvalue weighted by molar-refractivity contribution is 0.171. The first-order valence-electron chi connectivity index (χ1n) is 7.61. The van der Waals surface area contributed by atoms with Crippen molar-refractivity contribution in [2.45, 2.75) is 6.54 Å². The van der Waals surface area contributed by atoms with Gasteiger partial charge in [-0.25, -0.2) is 4.68 Å². The van der Waals surface area contributed by atoms with Crippen molar-refractivity contribution in [2.24, 2.45) is 0 Å². The average molecular weight is 318 g/mol. The summed E-state index contributed by atoms with van der Waals surface area (Å²) in [6.07, 6.45) is 1.73. The van der Waals surface area contributed by atoms with E-state index < -0.39 is 0 Å². The lowest BCUT2D eigenvalue weighted by Gasteiger charge is -2.19. The van der Waals surface area contributed by atoms with Gasteiger partial charge in [0.15, 0.2) is 11.5 Å². The molecular weight excluding hydrogens is 304 g/mol. The van der Waals surface area contributed by atoms with Crippen LogP contribution in [0.4, 0.5) is 0 Å². The van der Waals surface area contributed by atoms with Gasteiger partial charge < -0.3 is 9.47 Å². The van der Waals surface area contributed by atoms with E-state index >= 15 is 0 Å². The molecule has 6 nitrogen and oxygen atoms in total. The fourth-order valence-corrected chi connectivity index (χ4v) is 2.66. The van der Waals surface area contributed by atoms with Crippen molar-refractivity contribution in [1.29, 1.82) is 5.26 Å². The first kappa shape index (κ1) is 14.3. The molecule has 1 aliphatic heterocycles. The summed E-state index contributed by atoms with van der Waals surface area (Å²) in [7, 11) is 0. The monoisotopic (exact) mass is 318 g/mol. The minimum absolute atomic E-state index is 0.555. The van der Waals surface area contributed by atoms with Gasteiger partial charge in [0.2, 0.25) is 0 Å². The molecule has 0 spiro atoms. The van der Waals surface area contributed by atoms with Crippen LogP contribution < -0.4 is 9.47 Å². The first-order chi connectivity index (χ1) is 11.8. The van der Waals surface area contributed by atoms with Crippen molar-refractivity contribution in [2.75, 3.05) is 13.2 Å². The van der Waals surface area contributed by atoms with Gasteiger partial charge in [-0.2, -0.15) is 5.26 Å². The number of ether oxygens (including phenoxy) is 2. The van der Waals surface area contributed by atoms with E-state index in [-0.39, 0.29) is 0 Å². The molecule has 2 heterocycles. The predicted octanol–water partition coefficient (Wildman–Crippen LogP) is 2.64. The summed E-state index contributed by atoms with van der Waals surface area (Å²) in [6, 6.07) is 15.4. The molecule has 0 saturated carbocycles. The molecule has 6 heteroatoms. The van der Waals surface area contributed by atoms with Gasteiger partial charge >= 0.3 is 0 Å². The molecule has 24 heavy (non-hydrogen) atoms. The van der Waals surface area contributed by atoms with Gasteiger partial charge in [-0.3, -0.25) is 0 Å². The van der Waals surface area contributed by atoms with Crippen LogP contribution in [-0.4, -0.2) is 28.2 Å². The minimum atomic E-state index is 0.555. The van der Waals surface area contributed by atoms with E-state index in [9.17, 15) is 0 Å². The summed E-state index contributed by atoms with van der Waals surface area (Å²) >= 11 is 0. The molecule has 0 aliphatic carbocycles. The van der Waals surface area contributed by atoms with E-state index in [2.05, 4.69) is 16.4 Å². The molecule has 1 aromatic heterocycles. The zero-order chi connectivity index (χ0) is 16.4. The Morgan fingerprint density at radius 3 is 2.62 bits per heavy atom. The second-order valence-corrected chi connectivity index (χ2v) is 5.44. The van der Waals surface area contributed by atoms with Gasteiger partial charge in [0.25, 0.3) is 0 Å². The molecule has 3 aromatic rings. The van der Waals surface area contributed by atoms with Crippen LogP contribution in [0.15, 0.2) is 48.7 Å². The molecule has 0 atom stereocenters.